The maximum Gasteiger partial charge on any atom is 0.490 e. The van der Waals surface area contributed by atoms with Gasteiger partial charge in [-0.25, -0.2) is 4.79 Å². The van der Waals surface area contributed by atoms with E-state index in [0.29, 0.717) is 25.9 Å². The van der Waals surface area contributed by atoms with Gasteiger partial charge in [0.1, 0.15) is 0 Å². The molecule has 142 valence electrons. The Bertz CT molecular complexity index is 583. The van der Waals surface area contributed by atoms with Gasteiger partial charge in [0, 0.05) is 18.3 Å². The van der Waals surface area contributed by atoms with Crippen molar-refractivity contribution in [3.63, 3.8) is 0 Å². The summed E-state index contributed by atoms with van der Waals surface area (Å²) < 4.78 is 69.4. The summed E-state index contributed by atoms with van der Waals surface area (Å²) in [7, 11) is 0. The van der Waals surface area contributed by atoms with E-state index in [4.69, 9.17) is 9.90 Å². The molecule has 25 heavy (non-hydrogen) atoms. The minimum Gasteiger partial charge on any atom is -0.475 e. The first-order chi connectivity index (χ1) is 11.3. The predicted octanol–water partition coefficient (Wildman–Crippen LogP) is 2.39. The molecule has 11 heteroatoms. The highest BCUT2D eigenvalue weighted by Gasteiger charge is 2.38. The lowest BCUT2D eigenvalue weighted by Gasteiger charge is -2.32. The lowest BCUT2D eigenvalue weighted by molar-refractivity contribution is -0.192. The van der Waals surface area contributed by atoms with E-state index in [0.717, 1.165) is 18.3 Å². The van der Waals surface area contributed by atoms with Gasteiger partial charge < -0.3 is 15.5 Å². The van der Waals surface area contributed by atoms with Crippen LogP contribution in [0.3, 0.4) is 0 Å². The summed E-state index contributed by atoms with van der Waals surface area (Å²) in [5, 5.41) is 20.5. The van der Waals surface area contributed by atoms with Crippen molar-refractivity contribution in [1.29, 1.82) is 0 Å². The summed E-state index contributed by atoms with van der Waals surface area (Å²) in [4.78, 5) is 12.8. The molecule has 2 rings (SSSR count). The number of piperidine rings is 1. The first-order valence-corrected chi connectivity index (χ1v) is 7.09. The van der Waals surface area contributed by atoms with E-state index in [1.54, 1.807) is 0 Å². The predicted molar refractivity (Wildman–Crippen MR) is 73.7 cm³/mol. The van der Waals surface area contributed by atoms with Crippen LogP contribution in [0.15, 0.2) is 18.3 Å². The van der Waals surface area contributed by atoms with Gasteiger partial charge in [-0.15, -0.1) is 0 Å². The van der Waals surface area contributed by atoms with Crippen molar-refractivity contribution in [2.75, 3.05) is 13.1 Å². The van der Waals surface area contributed by atoms with Crippen LogP contribution in [0.1, 0.15) is 24.1 Å². The number of halogens is 6. The van der Waals surface area contributed by atoms with Gasteiger partial charge in [0.05, 0.1) is 11.2 Å². The number of carbonyl (C=O) groups is 1. The standard InChI is InChI=1S/C12H15F3N2O.C2HF3O2/c13-12(14,15)9-1-4-17-10(7-9)8-11(18)2-5-16-6-3-11;3-2(4,5)1(6)7/h1,4,7,16,18H,2-3,5-6,8H2;(H,6,7). The Morgan fingerprint density at radius 1 is 1.20 bits per heavy atom. The second kappa shape index (κ2) is 8.00. The number of hydrogen-bond donors (Lipinski definition) is 3. The lowest BCUT2D eigenvalue weighted by Crippen LogP contribution is -2.43. The third kappa shape index (κ3) is 7.26. The Labute approximate surface area is 138 Å². The van der Waals surface area contributed by atoms with Crippen molar-refractivity contribution < 1.29 is 41.4 Å². The molecular weight excluding hydrogens is 358 g/mol. The van der Waals surface area contributed by atoms with Gasteiger partial charge in [0.25, 0.3) is 0 Å². The smallest absolute Gasteiger partial charge is 0.475 e. The minimum atomic E-state index is -5.08. The maximum atomic E-state index is 12.5. The number of aliphatic hydroxyl groups is 1. The van der Waals surface area contributed by atoms with Crippen molar-refractivity contribution in [3.8, 4) is 0 Å². The molecule has 1 aliphatic rings. The van der Waals surface area contributed by atoms with Crippen LogP contribution in [-0.4, -0.2) is 46.0 Å². The number of nitrogens with one attached hydrogen (secondary N) is 1. The summed E-state index contributed by atoms with van der Waals surface area (Å²) in [6.45, 7) is 1.35. The Morgan fingerprint density at radius 3 is 2.16 bits per heavy atom. The van der Waals surface area contributed by atoms with E-state index < -0.39 is 29.5 Å². The first-order valence-electron chi connectivity index (χ1n) is 7.09. The molecule has 2 heterocycles. The topological polar surface area (TPSA) is 82.5 Å². The number of carboxylic acids is 1. The average molecular weight is 374 g/mol. The van der Waals surface area contributed by atoms with Gasteiger partial charge in [-0.3, -0.25) is 4.98 Å². The molecule has 0 radical (unpaired) electrons. The van der Waals surface area contributed by atoms with Crippen molar-refractivity contribution in [3.05, 3.63) is 29.6 Å². The van der Waals surface area contributed by atoms with Gasteiger partial charge in [0.15, 0.2) is 0 Å². The summed E-state index contributed by atoms with van der Waals surface area (Å²) in [5.74, 6) is -2.76. The molecule has 0 bridgehead atoms. The molecule has 0 atom stereocenters. The summed E-state index contributed by atoms with van der Waals surface area (Å²) >= 11 is 0. The second-order valence-corrected chi connectivity index (χ2v) is 5.49. The Balaban J connectivity index is 0.000000381. The molecule has 5 nitrogen and oxygen atoms in total. The SMILES string of the molecule is O=C(O)C(F)(F)F.OC1(Cc2cc(C(F)(F)F)ccn2)CCNCC1. The van der Waals surface area contributed by atoms with Crippen molar-refractivity contribution in [2.45, 2.75) is 37.2 Å². The van der Waals surface area contributed by atoms with E-state index in [2.05, 4.69) is 10.3 Å². The zero-order valence-corrected chi connectivity index (χ0v) is 12.8. The zero-order valence-electron chi connectivity index (χ0n) is 12.8. The Hall–Kier alpha value is -1.88. The van der Waals surface area contributed by atoms with Gasteiger partial charge >= 0.3 is 18.3 Å². The highest BCUT2D eigenvalue weighted by Crippen LogP contribution is 2.30. The fraction of sp³-hybridized carbons (Fsp3) is 0.571. The minimum absolute atomic E-state index is 0.165. The lowest BCUT2D eigenvalue weighted by atomic mass is 9.87. The fourth-order valence-electron chi connectivity index (χ4n) is 2.16. The van der Waals surface area contributed by atoms with Crippen molar-refractivity contribution in [1.82, 2.24) is 10.3 Å². The third-order valence-electron chi connectivity index (χ3n) is 3.43. The van der Waals surface area contributed by atoms with Crippen LogP contribution < -0.4 is 5.32 Å². The van der Waals surface area contributed by atoms with Gasteiger partial charge in [-0.2, -0.15) is 26.3 Å². The van der Waals surface area contributed by atoms with Crippen LogP contribution in [-0.2, 0) is 17.4 Å². The molecule has 0 aromatic carbocycles. The van der Waals surface area contributed by atoms with Crippen LogP contribution in [0.5, 0.6) is 0 Å². The summed E-state index contributed by atoms with van der Waals surface area (Å²) in [5.41, 5.74) is -1.37. The van der Waals surface area contributed by atoms with Crippen LogP contribution in [0, 0.1) is 0 Å². The molecule has 0 unspecified atom stereocenters. The highest BCUT2D eigenvalue weighted by atomic mass is 19.4. The molecule has 1 fully saturated rings. The van der Waals surface area contributed by atoms with Gasteiger partial charge in [-0.1, -0.05) is 0 Å². The van der Waals surface area contributed by atoms with Crippen LogP contribution >= 0.6 is 0 Å². The Morgan fingerprint density at radius 2 is 1.72 bits per heavy atom. The molecule has 1 aromatic heterocycles. The first kappa shape index (κ1) is 21.2. The second-order valence-electron chi connectivity index (χ2n) is 5.49. The molecular formula is C14H16F6N2O3. The average Bonchev–Trinajstić information content (AvgIpc) is 2.46. The molecule has 1 aliphatic heterocycles. The number of alkyl halides is 6. The van der Waals surface area contributed by atoms with E-state index in [1.165, 1.54) is 0 Å². The number of aromatic nitrogens is 1. The van der Waals surface area contributed by atoms with E-state index in [9.17, 15) is 31.4 Å². The normalized spacial score (nSPS) is 17.4. The van der Waals surface area contributed by atoms with Gasteiger partial charge in [-0.05, 0) is 38.1 Å². The molecule has 0 amide bonds. The monoisotopic (exact) mass is 374 g/mol. The quantitative estimate of drug-likeness (QED) is 0.693. The van der Waals surface area contributed by atoms with E-state index >= 15 is 0 Å². The largest absolute Gasteiger partial charge is 0.490 e. The molecule has 3 N–H and O–H groups in total. The van der Waals surface area contributed by atoms with Gasteiger partial charge in [0.2, 0.25) is 0 Å². The van der Waals surface area contributed by atoms with Crippen LogP contribution in [0.2, 0.25) is 0 Å². The van der Waals surface area contributed by atoms with Crippen molar-refractivity contribution in [2.24, 2.45) is 0 Å². The molecule has 0 saturated carbocycles. The number of aliphatic carboxylic acids is 1. The van der Waals surface area contributed by atoms with E-state index in [1.807, 2.05) is 0 Å². The molecule has 0 aliphatic carbocycles. The molecule has 1 saturated heterocycles. The van der Waals surface area contributed by atoms with E-state index in [-0.39, 0.29) is 12.1 Å². The molecule has 1 aromatic rings. The summed E-state index contributed by atoms with van der Waals surface area (Å²) in [6, 6.07) is 1.95. The number of pyridine rings is 1. The number of rotatable bonds is 2. The number of carboxylic acid groups (broad SMARTS) is 1. The summed E-state index contributed by atoms with van der Waals surface area (Å²) in [6.07, 6.45) is -7.08. The Kier molecular flexibility index (Phi) is 6.77. The number of nitrogens with zero attached hydrogens (tertiary/aromatic N) is 1. The van der Waals surface area contributed by atoms with Crippen molar-refractivity contribution >= 4 is 5.97 Å². The number of hydrogen-bond acceptors (Lipinski definition) is 4. The third-order valence-corrected chi connectivity index (χ3v) is 3.43. The van der Waals surface area contributed by atoms with Crippen LogP contribution in [0.25, 0.3) is 0 Å². The molecule has 0 spiro atoms. The zero-order chi connectivity index (χ0) is 19.3. The maximum absolute atomic E-state index is 12.5. The van der Waals surface area contributed by atoms with Crippen LogP contribution in [0.4, 0.5) is 26.3 Å². The highest BCUT2D eigenvalue weighted by molar-refractivity contribution is 5.73. The fourth-order valence-corrected chi connectivity index (χ4v) is 2.16.